The van der Waals surface area contributed by atoms with E-state index < -0.39 is 0 Å². The minimum atomic E-state index is -0.00652. The maximum atomic E-state index is 11.9. The van der Waals surface area contributed by atoms with Crippen LogP contribution in [0.5, 0.6) is 0 Å². The highest BCUT2D eigenvalue weighted by molar-refractivity contribution is 5.77. The van der Waals surface area contributed by atoms with E-state index in [0.717, 1.165) is 52.1 Å². The van der Waals surface area contributed by atoms with E-state index >= 15 is 0 Å². The van der Waals surface area contributed by atoms with Gasteiger partial charge in [0.2, 0.25) is 5.91 Å². The van der Waals surface area contributed by atoms with Gasteiger partial charge in [-0.3, -0.25) is 9.69 Å². The molecule has 4 atom stereocenters. The summed E-state index contributed by atoms with van der Waals surface area (Å²) >= 11 is 0. The molecule has 4 aliphatic rings. The van der Waals surface area contributed by atoms with Gasteiger partial charge in [-0.1, -0.05) is 0 Å². The number of likely N-dealkylation sites (tertiary alicyclic amines) is 1. The Kier molecular flexibility index (Phi) is 4.82. The van der Waals surface area contributed by atoms with Gasteiger partial charge in [-0.15, -0.1) is 0 Å². The summed E-state index contributed by atoms with van der Waals surface area (Å²) in [7, 11) is 0. The minimum Gasteiger partial charge on any atom is -0.381 e. The maximum Gasteiger partial charge on any atom is 0.246 e. The molecule has 1 amide bonds. The first kappa shape index (κ1) is 16.8. The second kappa shape index (κ2) is 6.90. The van der Waals surface area contributed by atoms with Crippen molar-refractivity contribution in [3.05, 3.63) is 0 Å². The third-order valence-corrected chi connectivity index (χ3v) is 6.49. The Bertz CT molecular complexity index is 468. The molecule has 0 aromatic carbocycles. The second-order valence-corrected chi connectivity index (χ2v) is 7.74. The van der Waals surface area contributed by atoms with Gasteiger partial charge < -0.3 is 19.5 Å². The summed E-state index contributed by atoms with van der Waals surface area (Å²) in [5.41, 5.74) is 0.0539. The van der Waals surface area contributed by atoms with Gasteiger partial charge in [0, 0.05) is 57.3 Å². The Morgan fingerprint density at radius 3 is 2.96 bits per heavy atom. The lowest BCUT2D eigenvalue weighted by Crippen LogP contribution is -2.42. The zero-order valence-electron chi connectivity index (χ0n) is 14.7. The SMILES string of the molecule is CCOCC(=O)NC[C@H]1[C@H]2CN(C3CCOCC3)C[C@]23CC[C@H]1O3. The summed E-state index contributed by atoms with van der Waals surface area (Å²) < 4.78 is 17.2. The predicted molar refractivity (Wildman–Crippen MR) is 88.7 cm³/mol. The van der Waals surface area contributed by atoms with Gasteiger partial charge in [0.15, 0.2) is 0 Å². The molecule has 0 aromatic heterocycles. The van der Waals surface area contributed by atoms with Gasteiger partial charge in [-0.25, -0.2) is 0 Å². The number of rotatable bonds is 6. The fraction of sp³-hybridized carbons (Fsp3) is 0.944. The van der Waals surface area contributed by atoms with Crippen LogP contribution in [0.1, 0.15) is 32.6 Å². The molecule has 0 aromatic rings. The molecule has 136 valence electrons. The fourth-order valence-electron chi connectivity index (χ4n) is 5.31. The van der Waals surface area contributed by atoms with Crippen LogP contribution in [-0.4, -0.2) is 74.6 Å². The summed E-state index contributed by atoms with van der Waals surface area (Å²) in [6, 6.07) is 0.648. The van der Waals surface area contributed by atoms with Crippen molar-refractivity contribution in [2.45, 2.75) is 50.4 Å². The molecule has 0 unspecified atom stereocenters. The zero-order chi connectivity index (χ0) is 16.6. The Balaban J connectivity index is 1.36. The molecule has 6 heteroatoms. The summed E-state index contributed by atoms with van der Waals surface area (Å²) in [5, 5.41) is 3.07. The largest absolute Gasteiger partial charge is 0.381 e. The number of hydrogen-bond acceptors (Lipinski definition) is 5. The molecule has 1 spiro atoms. The van der Waals surface area contributed by atoms with Crippen molar-refractivity contribution in [2.75, 3.05) is 46.1 Å². The van der Waals surface area contributed by atoms with E-state index in [1.807, 2.05) is 6.92 Å². The Hall–Kier alpha value is -0.690. The van der Waals surface area contributed by atoms with Crippen molar-refractivity contribution in [1.82, 2.24) is 10.2 Å². The lowest BCUT2D eigenvalue weighted by molar-refractivity contribution is -0.125. The number of ether oxygens (including phenoxy) is 3. The Labute approximate surface area is 144 Å². The van der Waals surface area contributed by atoms with Crippen molar-refractivity contribution in [1.29, 1.82) is 0 Å². The third kappa shape index (κ3) is 2.98. The number of carbonyl (C=O) groups is 1. The number of fused-ring (bicyclic) bond motifs is 1. The van der Waals surface area contributed by atoms with Crippen molar-refractivity contribution in [3.8, 4) is 0 Å². The smallest absolute Gasteiger partial charge is 0.246 e. The highest BCUT2D eigenvalue weighted by Crippen LogP contribution is 2.55. The average molecular weight is 338 g/mol. The number of hydrogen-bond donors (Lipinski definition) is 1. The van der Waals surface area contributed by atoms with E-state index in [4.69, 9.17) is 14.2 Å². The molecule has 2 bridgehead atoms. The van der Waals surface area contributed by atoms with Crippen molar-refractivity contribution in [2.24, 2.45) is 11.8 Å². The molecule has 0 radical (unpaired) electrons. The second-order valence-electron chi connectivity index (χ2n) is 7.74. The fourth-order valence-corrected chi connectivity index (χ4v) is 5.31. The topological polar surface area (TPSA) is 60.0 Å². The number of amides is 1. The van der Waals surface area contributed by atoms with Crippen LogP contribution in [0.2, 0.25) is 0 Å². The van der Waals surface area contributed by atoms with Crippen LogP contribution < -0.4 is 5.32 Å². The van der Waals surface area contributed by atoms with Gasteiger partial charge in [-0.2, -0.15) is 0 Å². The summed E-state index contributed by atoms with van der Waals surface area (Å²) in [5.74, 6) is 1.01. The van der Waals surface area contributed by atoms with Gasteiger partial charge in [0.1, 0.15) is 6.61 Å². The normalized spacial score (nSPS) is 39.3. The van der Waals surface area contributed by atoms with E-state index in [-0.39, 0.29) is 18.1 Å². The first-order chi connectivity index (χ1) is 11.7. The van der Waals surface area contributed by atoms with E-state index in [2.05, 4.69) is 10.2 Å². The van der Waals surface area contributed by atoms with Crippen LogP contribution in [0.3, 0.4) is 0 Å². The quantitative estimate of drug-likeness (QED) is 0.776. The summed E-state index contributed by atoms with van der Waals surface area (Å²) in [6.07, 6.45) is 4.94. The van der Waals surface area contributed by atoms with Crippen molar-refractivity contribution >= 4 is 5.91 Å². The average Bonchev–Trinajstić information content (AvgIpc) is 3.27. The molecule has 4 saturated heterocycles. The van der Waals surface area contributed by atoms with Crippen LogP contribution in [0.15, 0.2) is 0 Å². The van der Waals surface area contributed by atoms with Crippen LogP contribution in [0, 0.1) is 11.8 Å². The molecule has 4 rings (SSSR count). The predicted octanol–water partition coefficient (Wildman–Crippen LogP) is 0.798. The lowest BCUT2D eigenvalue weighted by Gasteiger charge is -2.32. The molecule has 24 heavy (non-hydrogen) atoms. The maximum absolute atomic E-state index is 11.9. The molecule has 0 aliphatic carbocycles. The van der Waals surface area contributed by atoms with Gasteiger partial charge in [0.05, 0.1) is 11.7 Å². The van der Waals surface area contributed by atoms with Crippen LogP contribution in [0.25, 0.3) is 0 Å². The van der Waals surface area contributed by atoms with E-state index in [1.54, 1.807) is 0 Å². The lowest BCUT2D eigenvalue weighted by atomic mass is 9.73. The standard InChI is InChI=1S/C18H30N2O4/c1-2-22-11-17(21)19-9-14-15-10-20(13-4-7-23-8-5-13)12-18(15)6-3-16(14)24-18/h13-16H,2-12H2,1H3,(H,19,21)/t14-,15+,16+,18+/m0/s1. The highest BCUT2D eigenvalue weighted by atomic mass is 16.5. The van der Waals surface area contributed by atoms with Crippen LogP contribution in [0.4, 0.5) is 0 Å². The number of carbonyl (C=O) groups excluding carboxylic acids is 1. The van der Waals surface area contributed by atoms with E-state index in [9.17, 15) is 4.79 Å². The highest BCUT2D eigenvalue weighted by Gasteiger charge is 2.63. The molecule has 4 fully saturated rings. The zero-order valence-corrected chi connectivity index (χ0v) is 14.7. The molecule has 1 N–H and O–H groups in total. The molecular weight excluding hydrogens is 308 g/mol. The summed E-state index contributed by atoms with van der Waals surface area (Å²) in [4.78, 5) is 14.5. The van der Waals surface area contributed by atoms with Gasteiger partial charge in [-0.05, 0) is 32.6 Å². The molecule has 0 saturated carbocycles. The van der Waals surface area contributed by atoms with Gasteiger partial charge in [0.25, 0.3) is 0 Å². The summed E-state index contributed by atoms with van der Waals surface area (Å²) in [6.45, 7) is 7.34. The van der Waals surface area contributed by atoms with E-state index in [0.29, 0.717) is 30.6 Å². The van der Waals surface area contributed by atoms with Crippen molar-refractivity contribution in [3.63, 3.8) is 0 Å². The monoisotopic (exact) mass is 338 g/mol. The molecule has 4 aliphatic heterocycles. The van der Waals surface area contributed by atoms with Crippen molar-refractivity contribution < 1.29 is 19.0 Å². The Morgan fingerprint density at radius 2 is 2.17 bits per heavy atom. The van der Waals surface area contributed by atoms with E-state index in [1.165, 1.54) is 6.42 Å². The first-order valence-electron chi connectivity index (χ1n) is 9.56. The van der Waals surface area contributed by atoms with Crippen LogP contribution >= 0.6 is 0 Å². The third-order valence-electron chi connectivity index (χ3n) is 6.49. The van der Waals surface area contributed by atoms with Gasteiger partial charge >= 0.3 is 0 Å². The molecular formula is C18H30N2O4. The Morgan fingerprint density at radius 1 is 1.33 bits per heavy atom. The number of nitrogens with one attached hydrogen (secondary N) is 1. The van der Waals surface area contributed by atoms with Crippen LogP contribution in [-0.2, 0) is 19.0 Å². The first-order valence-corrected chi connectivity index (χ1v) is 9.56. The number of nitrogens with zero attached hydrogens (tertiary/aromatic N) is 1. The minimum absolute atomic E-state index is 0.00652. The molecule has 4 heterocycles. The molecule has 6 nitrogen and oxygen atoms in total.